The van der Waals surface area contributed by atoms with Crippen LogP contribution in [0, 0.1) is 0 Å². The Morgan fingerprint density at radius 1 is 1.04 bits per heavy atom. The number of carbonyl (C=O) groups is 2. The molecule has 1 fully saturated rings. The highest BCUT2D eigenvalue weighted by Crippen LogP contribution is 2.24. The summed E-state index contributed by atoms with van der Waals surface area (Å²) in [5.74, 6) is -0.166. The number of nitrogens with one attached hydrogen (secondary N) is 2. The molecule has 1 heterocycles. The fourth-order valence-electron chi connectivity index (χ4n) is 3.42. The van der Waals surface area contributed by atoms with Gasteiger partial charge in [0.1, 0.15) is 6.10 Å². The monoisotopic (exact) mass is 395 g/mol. The molecular formula is C21H21N3O3S. The van der Waals surface area contributed by atoms with Gasteiger partial charge in [0, 0.05) is 18.2 Å². The first-order valence-electron chi connectivity index (χ1n) is 9.36. The van der Waals surface area contributed by atoms with Gasteiger partial charge in [-0.25, -0.2) is 9.78 Å². The lowest BCUT2D eigenvalue weighted by Gasteiger charge is -2.29. The number of ether oxygens (including phenoxy) is 1. The van der Waals surface area contributed by atoms with Crippen LogP contribution in [-0.2, 0) is 4.74 Å². The summed E-state index contributed by atoms with van der Waals surface area (Å²) in [6.45, 7) is 0. The minimum atomic E-state index is -0.464. The van der Waals surface area contributed by atoms with Gasteiger partial charge in [-0.1, -0.05) is 30.3 Å². The second-order valence-corrected chi connectivity index (χ2v) is 7.87. The van der Waals surface area contributed by atoms with Gasteiger partial charge in [0.2, 0.25) is 0 Å². The Hall–Kier alpha value is -2.93. The van der Waals surface area contributed by atoms with E-state index in [-0.39, 0.29) is 18.1 Å². The van der Waals surface area contributed by atoms with Gasteiger partial charge in [-0.15, -0.1) is 11.3 Å². The quantitative estimate of drug-likeness (QED) is 0.677. The summed E-state index contributed by atoms with van der Waals surface area (Å²) in [7, 11) is 0. The number of aromatic nitrogens is 1. The standard InChI is InChI=1S/C21H21N3O3S/c25-19(20-24-17-11-4-5-12-18(17)28-20)22-15-9-6-10-16(13-15)27-21(26)23-14-7-2-1-3-8-14/h1-5,7-8,11-12,15-16H,6,9-10,13H2,(H,22,25)(H,23,26)/t15-,16+/m0/s1. The summed E-state index contributed by atoms with van der Waals surface area (Å²) < 4.78 is 6.54. The lowest BCUT2D eigenvalue weighted by Crippen LogP contribution is -2.41. The molecule has 2 atom stereocenters. The summed E-state index contributed by atoms with van der Waals surface area (Å²) in [6, 6.07) is 16.9. The van der Waals surface area contributed by atoms with Crippen molar-refractivity contribution in [2.24, 2.45) is 0 Å². The van der Waals surface area contributed by atoms with Crippen LogP contribution in [0.15, 0.2) is 54.6 Å². The maximum absolute atomic E-state index is 12.6. The van der Waals surface area contributed by atoms with Crippen molar-refractivity contribution >= 4 is 39.2 Å². The van der Waals surface area contributed by atoms with Crippen molar-refractivity contribution in [3.8, 4) is 0 Å². The third-order valence-electron chi connectivity index (χ3n) is 4.74. The van der Waals surface area contributed by atoms with E-state index < -0.39 is 6.09 Å². The van der Waals surface area contributed by atoms with Crippen LogP contribution >= 0.6 is 11.3 Å². The first kappa shape index (κ1) is 18.4. The maximum atomic E-state index is 12.6. The summed E-state index contributed by atoms with van der Waals surface area (Å²) in [4.78, 5) is 29.1. The molecule has 0 radical (unpaired) electrons. The molecule has 6 nitrogen and oxygen atoms in total. The lowest BCUT2D eigenvalue weighted by molar-refractivity contribution is 0.0712. The molecule has 2 N–H and O–H groups in total. The Labute approximate surface area is 166 Å². The van der Waals surface area contributed by atoms with Crippen molar-refractivity contribution in [1.29, 1.82) is 0 Å². The third-order valence-corrected chi connectivity index (χ3v) is 5.78. The smallest absolute Gasteiger partial charge is 0.411 e. The van der Waals surface area contributed by atoms with E-state index in [1.807, 2.05) is 54.6 Å². The number of fused-ring (bicyclic) bond motifs is 1. The highest BCUT2D eigenvalue weighted by molar-refractivity contribution is 7.20. The van der Waals surface area contributed by atoms with Crippen LogP contribution < -0.4 is 10.6 Å². The molecule has 2 aromatic carbocycles. The summed E-state index contributed by atoms with van der Waals surface area (Å²) >= 11 is 1.39. The largest absolute Gasteiger partial charge is 0.446 e. The summed E-state index contributed by atoms with van der Waals surface area (Å²) in [5.41, 5.74) is 1.53. The number of thiazole rings is 1. The van der Waals surface area contributed by atoms with E-state index in [2.05, 4.69) is 15.6 Å². The van der Waals surface area contributed by atoms with Crippen molar-refractivity contribution < 1.29 is 14.3 Å². The van der Waals surface area contributed by atoms with Crippen molar-refractivity contribution in [3.05, 3.63) is 59.6 Å². The molecule has 3 aromatic rings. The van der Waals surface area contributed by atoms with Crippen molar-refractivity contribution in [2.45, 2.75) is 37.8 Å². The average Bonchev–Trinajstić information content (AvgIpc) is 3.13. The lowest BCUT2D eigenvalue weighted by atomic mass is 9.93. The topological polar surface area (TPSA) is 80.3 Å². The van der Waals surface area contributed by atoms with E-state index in [9.17, 15) is 9.59 Å². The molecule has 1 aliphatic carbocycles. The Morgan fingerprint density at radius 2 is 1.82 bits per heavy atom. The van der Waals surface area contributed by atoms with Crippen LogP contribution in [0.1, 0.15) is 35.5 Å². The van der Waals surface area contributed by atoms with E-state index in [4.69, 9.17) is 4.74 Å². The molecule has 0 spiro atoms. The van der Waals surface area contributed by atoms with Crippen LogP contribution in [0.2, 0.25) is 0 Å². The van der Waals surface area contributed by atoms with Crippen LogP contribution in [0.4, 0.5) is 10.5 Å². The van der Waals surface area contributed by atoms with E-state index in [1.165, 1.54) is 11.3 Å². The number of amides is 2. The third kappa shape index (κ3) is 4.48. The molecule has 4 rings (SSSR count). The Bertz CT molecular complexity index is 940. The van der Waals surface area contributed by atoms with E-state index >= 15 is 0 Å². The number of rotatable bonds is 4. The zero-order valence-corrected chi connectivity index (χ0v) is 16.1. The molecule has 1 aromatic heterocycles. The molecule has 0 saturated heterocycles. The van der Waals surface area contributed by atoms with Crippen molar-refractivity contribution in [1.82, 2.24) is 10.3 Å². The summed E-state index contributed by atoms with van der Waals surface area (Å²) in [5, 5.41) is 6.24. The number of carbonyl (C=O) groups excluding carboxylic acids is 2. The SMILES string of the molecule is O=C(Nc1ccccc1)O[C@@H]1CCC[C@H](NC(=O)c2nc3ccccc3s2)C1. The average molecular weight is 395 g/mol. The normalized spacial score (nSPS) is 19.1. The van der Waals surface area contributed by atoms with Crippen LogP contribution in [0.3, 0.4) is 0 Å². The van der Waals surface area contributed by atoms with Gasteiger partial charge in [0.05, 0.1) is 10.2 Å². The predicted octanol–water partition coefficient (Wildman–Crippen LogP) is 4.59. The van der Waals surface area contributed by atoms with Gasteiger partial charge < -0.3 is 10.1 Å². The molecule has 0 unspecified atom stereocenters. The van der Waals surface area contributed by atoms with E-state index in [1.54, 1.807) is 0 Å². The van der Waals surface area contributed by atoms with Crippen molar-refractivity contribution in [3.63, 3.8) is 0 Å². The first-order valence-corrected chi connectivity index (χ1v) is 10.2. The molecule has 0 aliphatic heterocycles. The minimum Gasteiger partial charge on any atom is -0.446 e. The predicted molar refractivity (Wildman–Crippen MR) is 110 cm³/mol. The molecule has 0 bridgehead atoms. The Balaban J connectivity index is 1.32. The highest BCUT2D eigenvalue weighted by Gasteiger charge is 2.27. The Morgan fingerprint density at radius 3 is 2.64 bits per heavy atom. The van der Waals surface area contributed by atoms with Crippen LogP contribution in [0.5, 0.6) is 0 Å². The number of hydrogen-bond acceptors (Lipinski definition) is 5. The number of nitrogens with zero attached hydrogens (tertiary/aromatic N) is 1. The van der Waals surface area contributed by atoms with E-state index in [0.29, 0.717) is 17.1 Å². The van der Waals surface area contributed by atoms with Gasteiger partial charge in [-0.05, 0) is 43.5 Å². The molecular weight excluding hydrogens is 374 g/mol. The number of anilines is 1. The second kappa shape index (κ2) is 8.39. The molecule has 28 heavy (non-hydrogen) atoms. The molecule has 1 saturated carbocycles. The number of hydrogen-bond donors (Lipinski definition) is 2. The van der Waals surface area contributed by atoms with Gasteiger partial charge in [-0.2, -0.15) is 0 Å². The minimum absolute atomic E-state index is 0.0252. The second-order valence-electron chi connectivity index (χ2n) is 6.84. The van der Waals surface area contributed by atoms with Gasteiger partial charge in [0.25, 0.3) is 5.91 Å². The Kier molecular flexibility index (Phi) is 5.53. The van der Waals surface area contributed by atoms with Crippen LogP contribution in [-0.4, -0.2) is 29.1 Å². The van der Waals surface area contributed by atoms with Gasteiger partial charge >= 0.3 is 6.09 Å². The van der Waals surface area contributed by atoms with Gasteiger partial charge in [-0.3, -0.25) is 10.1 Å². The van der Waals surface area contributed by atoms with Crippen LogP contribution in [0.25, 0.3) is 10.2 Å². The molecule has 1 aliphatic rings. The molecule has 7 heteroatoms. The highest BCUT2D eigenvalue weighted by atomic mass is 32.1. The molecule has 2 amide bonds. The molecule has 144 valence electrons. The zero-order chi connectivity index (χ0) is 19.3. The first-order chi connectivity index (χ1) is 13.7. The number of benzene rings is 2. The van der Waals surface area contributed by atoms with E-state index in [0.717, 1.165) is 29.5 Å². The fourth-order valence-corrected chi connectivity index (χ4v) is 4.29. The maximum Gasteiger partial charge on any atom is 0.411 e. The van der Waals surface area contributed by atoms with Crippen molar-refractivity contribution in [2.75, 3.05) is 5.32 Å². The number of para-hydroxylation sites is 2. The fraction of sp³-hybridized carbons (Fsp3) is 0.286. The summed E-state index contributed by atoms with van der Waals surface area (Å²) in [6.07, 6.45) is 2.51. The van der Waals surface area contributed by atoms with Gasteiger partial charge in [0.15, 0.2) is 5.01 Å². The zero-order valence-electron chi connectivity index (χ0n) is 15.3.